The standard InChI is InChI=1S/C14H12O.2ClH/c15-11-10-12-6-8-14(9-7-12)13-4-2-1-3-5-13;;/h1-9,11H,10H2;2*1H. The molecule has 17 heavy (non-hydrogen) atoms. The van der Waals surface area contributed by atoms with Crippen LogP contribution in [0, 0.1) is 0 Å². The van der Waals surface area contributed by atoms with E-state index in [1.54, 1.807) is 0 Å². The Morgan fingerprint density at radius 2 is 1.29 bits per heavy atom. The third-order valence-electron chi connectivity index (χ3n) is 2.38. The van der Waals surface area contributed by atoms with E-state index >= 15 is 0 Å². The predicted molar refractivity (Wildman–Crippen MR) is 76.1 cm³/mol. The van der Waals surface area contributed by atoms with Crippen molar-refractivity contribution < 1.29 is 4.79 Å². The van der Waals surface area contributed by atoms with Crippen LogP contribution in [0.1, 0.15) is 5.56 Å². The maximum atomic E-state index is 10.3. The number of hydrogen-bond donors (Lipinski definition) is 0. The van der Waals surface area contributed by atoms with Gasteiger partial charge in [0.2, 0.25) is 0 Å². The minimum Gasteiger partial charge on any atom is -0.303 e. The molecule has 90 valence electrons. The van der Waals surface area contributed by atoms with Gasteiger partial charge in [-0.05, 0) is 16.7 Å². The first kappa shape index (κ1) is 15.7. The number of benzene rings is 2. The molecule has 0 spiro atoms. The third kappa shape index (κ3) is 4.22. The van der Waals surface area contributed by atoms with E-state index < -0.39 is 0 Å². The van der Waals surface area contributed by atoms with Gasteiger partial charge >= 0.3 is 0 Å². The van der Waals surface area contributed by atoms with Gasteiger partial charge in [0.25, 0.3) is 0 Å². The molecule has 0 bridgehead atoms. The molecule has 0 amide bonds. The quantitative estimate of drug-likeness (QED) is 0.771. The van der Waals surface area contributed by atoms with E-state index in [9.17, 15) is 4.79 Å². The molecule has 2 aromatic rings. The molecular weight excluding hydrogens is 255 g/mol. The largest absolute Gasteiger partial charge is 0.303 e. The van der Waals surface area contributed by atoms with Crippen molar-refractivity contribution in [1.82, 2.24) is 0 Å². The average molecular weight is 269 g/mol. The molecule has 2 aromatic carbocycles. The number of hydrogen-bond acceptors (Lipinski definition) is 1. The normalized spacial score (nSPS) is 8.71. The molecule has 0 aliphatic heterocycles. The fourth-order valence-electron chi connectivity index (χ4n) is 1.56. The Bertz CT molecular complexity index is 438. The first-order valence-electron chi connectivity index (χ1n) is 4.98. The summed E-state index contributed by atoms with van der Waals surface area (Å²) >= 11 is 0. The van der Waals surface area contributed by atoms with Crippen molar-refractivity contribution >= 4 is 31.1 Å². The topological polar surface area (TPSA) is 17.1 Å². The summed E-state index contributed by atoms with van der Waals surface area (Å²) in [6.07, 6.45) is 1.42. The van der Waals surface area contributed by atoms with E-state index in [0.29, 0.717) is 6.42 Å². The SMILES string of the molecule is Cl.Cl.O=CCc1ccc(-c2ccccc2)cc1. The van der Waals surface area contributed by atoms with Crippen molar-refractivity contribution in [3.05, 3.63) is 60.2 Å². The molecule has 0 aliphatic carbocycles. The number of aldehydes is 1. The van der Waals surface area contributed by atoms with E-state index in [-0.39, 0.29) is 24.8 Å². The van der Waals surface area contributed by atoms with Crippen LogP contribution in [0.15, 0.2) is 54.6 Å². The van der Waals surface area contributed by atoms with Gasteiger partial charge in [-0.2, -0.15) is 0 Å². The molecule has 0 saturated heterocycles. The Labute approximate surface area is 114 Å². The summed E-state index contributed by atoms with van der Waals surface area (Å²) in [4.78, 5) is 10.3. The molecule has 0 fully saturated rings. The molecular formula is C14H14Cl2O. The molecule has 0 radical (unpaired) electrons. The van der Waals surface area contributed by atoms with Gasteiger partial charge in [0, 0.05) is 6.42 Å². The van der Waals surface area contributed by atoms with Crippen molar-refractivity contribution in [3.63, 3.8) is 0 Å². The summed E-state index contributed by atoms with van der Waals surface area (Å²) in [5.74, 6) is 0. The zero-order valence-corrected chi connectivity index (χ0v) is 10.8. The van der Waals surface area contributed by atoms with Gasteiger partial charge in [-0.15, -0.1) is 24.8 Å². The van der Waals surface area contributed by atoms with Crippen molar-refractivity contribution in [2.24, 2.45) is 0 Å². The van der Waals surface area contributed by atoms with Gasteiger partial charge in [0.05, 0.1) is 0 Å². The maximum Gasteiger partial charge on any atom is 0.124 e. The first-order chi connectivity index (χ1) is 7.40. The molecule has 3 heteroatoms. The second-order valence-electron chi connectivity index (χ2n) is 3.43. The van der Waals surface area contributed by atoms with Gasteiger partial charge in [0.1, 0.15) is 6.29 Å². The second-order valence-corrected chi connectivity index (χ2v) is 3.43. The van der Waals surface area contributed by atoms with Crippen LogP contribution < -0.4 is 0 Å². The maximum absolute atomic E-state index is 10.3. The van der Waals surface area contributed by atoms with Crippen LogP contribution in [-0.2, 0) is 11.2 Å². The highest BCUT2D eigenvalue weighted by Gasteiger charge is 1.96. The van der Waals surface area contributed by atoms with Gasteiger partial charge < -0.3 is 4.79 Å². The lowest BCUT2D eigenvalue weighted by molar-refractivity contribution is -0.107. The highest BCUT2D eigenvalue weighted by Crippen LogP contribution is 2.18. The number of carbonyl (C=O) groups is 1. The van der Waals surface area contributed by atoms with Gasteiger partial charge in [0.15, 0.2) is 0 Å². The molecule has 0 N–H and O–H groups in total. The van der Waals surface area contributed by atoms with Crippen LogP contribution >= 0.6 is 24.8 Å². The van der Waals surface area contributed by atoms with Crippen molar-refractivity contribution in [1.29, 1.82) is 0 Å². The van der Waals surface area contributed by atoms with Crippen LogP contribution in [0.2, 0.25) is 0 Å². The summed E-state index contributed by atoms with van der Waals surface area (Å²) in [5.41, 5.74) is 3.45. The Hall–Kier alpha value is -1.31. The van der Waals surface area contributed by atoms with Crippen LogP contribution in [0.3, 0.4) is 0 Å². The van der Waals surface area contributed by atoms with E-state index in [0.717, 1.165) is 11.8 Å². The summed E-state index contributed by atoms with van der Waals surface area (Å²) < 4.78 is 0. The van der Waals surface area contributed by atoms with E-state index in [2.05, 4.69) is 12.1 Å². The Morgan fingerprint density at radius 3 is 1.82 bits per heavy atom. The fraction of sp³-hybridized carbons (Fsp3) is 0.0714. The molecule has 0 aromatic heterocycles. The summed E-state index contributed by atoms with van der Waals surface area (Å²) in [6, 6.07) is 18.3. The molecule has 0 unspecified atom stereocenters. The molecule has 0 aliphatic rings. The third-order valence-corrected chi connectivity index (χ3v) is 2.38. The molecule has 2 rings (SSSR count). The highest BCUT2D eigenvalue weighted by atomic mass is 35.5. The average Bonchev–Trinajstić information content (AvgIpc) is 2.32. The number of carbonyl (C=O) groups excluding carboxylic acids is 1. The van der Waals surface area contributed by atoms with Crippen LogP contribution in [-0.4, -0.2) is 6.29 Å². The molecule has 0 saturated carbocycles. The minimum absolute atomic E-state index is 0. The van der Waals surface area contributed by atoms with Crippen LogP contribution in [0.4, 0.5) is 0 Å². The van der Waals surface area contributed by atoms with Crippen molar-refractivity contribution in [2.45, 2.75) is 6.42 Å². The van der Waals surface area contributed by atoms with E-state index in [1.165, 1.54) is 11.1 Å². The monoisotopic (exact) mass is 268 g/mol. The van der Waals surface area contributed by atoms with Gasteiger partial charge in [-0.3, -0.25) is 0 Å². The lowest BCUT2D eigenvalue weighted by Crippen LogP contribution is -1.85. The fourth-order valence-corrected chi connectivity index (χ4v) is 1.56. The zero-order chi connectivity index (χ0) is 10.5. The lowest BCUT2D eigenvalue weighted by Gasteiger charge is -2.01. The smallest absolute Gasteiger partial charge is 0.124 e. The number of halogens is 2. The van der Waals surface area contributed by atoms with Crippen LogP contribution in [0.5, 0.6) is 0 Å². The molecule has 1 nitrogen and oxygen atoms in total. The zero-order valence-electron chi connectivity index (χ0n) is 9.21. The molecule has 0 heterocycles. The minimum atomic E-state index is 0. The lowest BCUT2D eigenvalue weighted by atomic mass is 10.0. The van der Waals surface area contributed by atoms with Gasteiger partial charge in [-0.25, -0.2) is 0 Å². The van der Waals surface area contributed by atoms with Gasteiger partial charge in [-0.1, -0.05) is 54.6 Å². The van der Waals surface area contributed by atoms with Crippen molar-refractivity contribution in [2.75, 3.05) is 0 Å². The second kappa shape index (κ2) is 7.88. The van der Waals surface area contributed by atoms with Crippen molar-refractivity contribution in [3.8, 4) is 11.1 Å². The van der Waals surface area contributed by atoms with E-state index in [4.69, 9.17) is 0 Å². The Balaban J connectivity index is 0.00000128. The van der Waals surface area contributed by atoms with Crippen LogP contribution in [0.25, 0.3) is 11.1 Å². The highest BCUT2D eigenvalue weighted by molar-refractivity contribution is 5.85. The first-order valence-corrected chi connectivity index (χ1v) is 4.98. The molecule has 0 atom stereocenters. The predicted octanol–water partition coefficient (Wildman–Crippen LogP) is 3.94. The summed E-state index contributed by atoms with van der Waals surface area (Å²) in [5, 5.41) is 0. The summed E-state index contributed by atoms with van der Waals surface area (Å²) in [6.45, 7) is 0. The number of rotatable bonds is 3. The van der Waals surface area contributed by atoms with E-state index in [1.807, 2.05) is 42.5 Å². The summed E-state index contributed by atoms with van der Waals surface area (Å²) in [7, 11) is 0. The Kier molecular flexibility index (Phi) is 7.27. The Morgan fingerprint density at radius 1 is 0.765 bits per heavy atom.